The van der Waals surface area contributed by atoms with Gasteiger partial charge in [-0.05, 0) is 18.6 Å². The van der Waals surface area contributed by atoms with Crippen molar-refractivity contribution in [3.63, 3.8) is 0 Å². The second-order valence-electron chi connectivity index (χ2n) is 3.95. The molecule has 0 unspecified atom stereocenters. The highest BCUT2D eigenvalue weighted by molar-refractivity contribution is 7.89. The molecule has 0 amide bonds. The molecule has 9 heteroatoms. The Bertz CT molecular complexity index is 642. The Balaban J connectivity index is 2.16. The van der Waals surface area contributed by atoms with Gasteiger partial charge in [-0.15, -0.1) is 0 Å². The third-order valence-electron chi connectivity index (χ3n) is 2.43. The Labute approximate surface area is 116 Å². The molecule has 2 rings (SSSR count). The highest BCUT2D eigenvalue weighted by atomic mass is 32.2. The van der Waals surface area contributed by atoms with Gasteiger partial charge in [0.15, 0.2) is 5.82 Å². The average molecular weight is 297 g/mol. The lowest BCUT2D eigenvalue weighted by Crippen LogP contribution is -2.25. The summed E-state index contributed by atoms with van der Waals surface area (Å²) in [6, 6.07) is 3.06. The van der Waals surface area contributed by atoms with Gasteiger partial charge in [-0.3, -0.25) is 0 Å². The van der Waals surface area contributed by atoms with Crippen LogP contribution in [0.1, 0.15) is 19.2 Å². The molecule has 0 aromatic carbocycles. The Morgan fingerprint density at radius 1 is 1.35 bits per heavy atom. The first-order valence-corrected chi connectivity index (χ1v) is 7.55. The number of nitrogens with zero attached hydrogens (tertiary/aromatic N) is 3. The molecule has 0 radical (unpaired) electrons. The second kappa shape index (κ2) is 6.44. The number of pyridine rings is 1. The summed E-state index contributed by atoms with van der Waals surface area (Å²) in [4.78, 5) is 7.89. The smallest absolute Gasteiger partial charge is 0.244 e. The van der Waals surface area contributed by atoms with Gasteiger partial charge < -0.3 is 9.84 Å². The normalized spacial score (nSPS) is 11.4. The van der Waals surface area contributed by atoms with Gasteiger partial charge in [0.05, 0.1) is 6.54 Å². The van der Waals surface area contributed by atoms with Crippen molar-refractivity contribution in [2.45, 2.75) is 24.8 Å². The van der Waals surface area contributed by atoms with Crippen LogP contribution in [0.3, 0.4) is 0 Å². The van der Waals surface area contributed by atoms with Gasteiger partial charge >= 0.3 is 0 Å². The first kappa shape index (κ1) is 14.4. The van der Waals surface area contributed by atoms with Crippen molar-refractivity contribution in [2.75, 3.05) is 11.9 Å². The maximum Gasteiger partial charge on any atom is 0.244 e. The lowest BCUT2D eigenvalue weighted by molar-refractivity contribution is 0.409. The second-order valence-corrected chi connectivity index (χ2v) is 5.68. The van der Waals surface area contributed by atoms with E-state index in [0.29, 0.717) is 12.4 Å². The molecule has 0 bridgehead atoms. The molecule has 20 heavy (non-hydrogen) atoms. The number of nitrogens with one attached hydrogen (secondary N) is 2. The first-order valence-electron chi connectivity index (χ1n) is 6.07. The molecule has 0 aliphatic carbocycles. The SMILES string of the molecule is CCCNc1ncccc1S(=O)(=O)NCc1ncon1. The zero-order valence-corrected chi connectivity index (χ0v) is 11.7. The zero-order valence-electron chi connectivity index (χ0n) is 10.9. The fraction of sp³-hybridized carbons (Fsp3) is 0.364. The quantitative estimate of drug-likeness (QED) is 0.776. The summed E-state index contributed by atoms with van der Waals surface area (Å²) in [5.74, 6) is 0.593. The highest BCUT2D eigenvalue weighted by Gasteiger charge is 2.19. The minimum absolute atomic E-state index is 0.0407. The minimum atomic E-state index is -3.69. The molecule has 108 valence electrons. The van der Waals surface area contributed by atoms with E-state index in [9.17, 15) is 8.42 Å². The monoisotopic (exact) mass is 297 g/mol. The summed E-state index contributed by atoms with van der Waals surface area (Å²) in [5.41, 5.74) is 0. The van der Waals surface area contributed by atoms with E-state index in [4.69, 9.17) is 0 Å². The van der Waals surface area contributed by atoms with Crippen molar-refractivity contribution in [3.05, 3.63) is 30.5 Å². The van der Waals surface area contributed by atoms with Gasteiger partial charge in [0, 0.05) is 12.7 Å². The van der Waals surface area contributed by atoms with E-state index < -0.39 is 10.0 Å². The van der Waals surface area contributed by atoms with Crippen molar-refractivity contribution in [2.24, 2.45) is 0 Å². The van der Waals surface area contributed by atoms with Crippen LogP contribution in [-0.2, 0) is 16.6 Å². The predicted octanol–water partition coefficient (Wildman–Crippen LogP) is 0.765. The molecule has 2 aromatic heterocycles. The van der Waals surface area contributed by atoms with Gasteiger partial charge in [0.25, 0.3) is 0 Å². The molecule has 0 atom stereocenters. The number of rotatable bonds is 7. The summed E-state index contributed by atoms with van der Waals surface area (Å²) in [6.07, 6.45) is 3.55. The Kier molecular flexibility index (Phi) is 4.64. The molecular formula is C11H15N5O3S. The third-order valence-corrected chi connectivity index (χ3v) is 3.86. The van der Waals surface area contributed by atoms with E-state index in [0.717, 1.165) is 12.8 Å². The number of hydrogen-bond acceptors (Lipinski definition) is 7. The molecule has 2 N–H and O–H groups in total. The summed E-state index contributed by atoms with van der Waals surface area (Å²) in [5, 5.41) is 6.52. The van der Waals surface area contributed by atoms with E-state index in [1.165, 1.54) is 12.3 Å². The molecule has 0 aliphatic rings. The van der Waals surface area contributed by atoms with Crippen molar-refractivity contribution < 1.29 is 12.9 Å². The number of aromatic nitrogens is 3. The lowest BCUT2D eigenvalue weighted by atomic mass is 10.4. The Hall–Kier alpha value is -2.00. The van der Waals surface area contributed by atoms with Gasteiger partial charge in [0.1, 0.15) is 10.7 Å². The minimum Gasteiger partial charge on any atom is -0.369 e. The maximum atomic E-state index is 12.2. The molecule has 0 fully saturated rings. The summed E-state index contributed by atoms with van der Waals surface area (Å²) in [6.45, 7) is 2.59. The number of sulfonamides is 1. The molecule has 2 aromatic rings. The van der Waals surface area contributed by atoms with Crippen molar-refractivity contribution >= 4 is 15.8 Å². The number of anilines is 1. The third kappa shape index (κ3) is 3.52. The van der Waals surface area contributed by atoms with Crippen LogP contribution in [0.25, 0.3) is 0 Å². The van der Waals surface area contributed by atoms with E-state index >= 15 is 0 Å². The largest absolute Gasteiger partial charge is 0.369 e. The van der Waals surface area contributed by atoms with Crippen molar-refractivity contribution in [1.29, 1.82) is 0 Å². The average Bonchev–Trinajstić information content (AvgIpc) is 2.97. The fourth-order valence-electron chi connectivity index (χ4n) is 1.49. The van der Waals surface area contributed by atoms with Gasteiger partial charge in [0.2, 0.25) is 16.4 Å². The Morgan fingerprint density at radius 3 is 2.90 bits per heavy atom. The molecule has 0 spiro atoms. The summed E-state index contributed by atoms with van der Waals surface area (Å²) >= 11 is 0. The molecule has 8 nitrogen and oxygen atoms in total. The first-order chi connectivity index (χ1) is 9.63. The molecule has 0 aliphatic heterocycles. The van der Waals surface area contributed by atoms with Crippen LogP contribution in [0.15, 0.2) is 34.1 Å². The van der Waals surface area contributed by atoms with Crippen LogP contribution < -0.4 is 10.0 Å². The van der Waals surface area contributed by atoms with E-state index in [-0.39, 0.29) is 17.3 Å². The molecule has 0 saturated heterocycles. The van der Waals surface area contributed by atoms with Crippen LogP contribution >= 0.6 is 0 Å². The molecule has 2 heterocycles. The lowest BCUT2D eigenvalue weighted by Gasteiger charge is -2.10. The molecule has 0 saturated carbocycles. The van der Waals surface area contributed by atoms with Crippen LogP contribution in [0, 0.1) is 0 Å². The predicted molar refractivity (Wildman–Crippen MR) is 71.3 cm³/mol. The maximum absolute atomic E-state index is 12.2. The number of hydrogen-bond donors (Lipinski definition) is 2. The van der Waals surface area contributed by atoms with Gasteiger partial charge in [-0.1, -0.05) is 12.1 Å². The zero-order chi connectivity index (χ0) is 14.4. The molecular weight excluding hydrogens is 282 g/mol. The summed E-state index contributed by atoms with van der Waals surface area (Å²) in [7, 11) is -3.69. The van der Waals surface area contributed by atoms with Crippen LogP contribution in [0.5, 0.6) is 0 Å². The van der Waals surface area contributed by atoms with E-state index in [2.05, 4.69) is 29.7 Å². The van der Waals surface area contributed by atoms with Crippen LogP contribution in [0.2, 0.25) is 0 Å². The van der Waals surface area contributed by atoms with Crippen LogP contribution in [-0.4, -0.2) is 30.1 Å². The standard InChI is InChI=1S/C11H15N5O3S/c1-2-5-12-11-9(4-3-6-13-11)20(17,18)15-7-10-14-8-19-16-10/h3-4,6,8,15H,2,5,7H2,1H3,(H,12,13). The van der Waals surface area contributed by atoms with Crippen molar-refractivity contribution in [3.8, 4) is 0 Å². The van der Waals surface area contributed by atoms with Gasteiger partial charge in [-0.25, -0.2) is 18.1 Å². The Morgan fingerprint density at radius 2 is 2.20 bits per heavy atom. The van der Waals surface area contributed by atoms with E-state index in [1.54, 1.807) is 6.07 Å². The fourth-order valence-corrected chi connectivity index (χ4v) is 2.60. The van der Waals surface area contributed by atoms with Crippen molar-refractivity contribution in [1.82, 2.24) is 19.8 Å². The van der Waals surface area contributed by atoms with Gasteiger partial charge in [-0.2, -0.15) is 4.98 Å². The van der Waals surface area contributed by atoms with Crippen LogP contribution in [0.4, 0.5) is 5.82 Å². The topological polar surface area (TPSA) is 110 Å². The highest BCUT2D eigenvalue weighted by Crippen LogP contribution is 2.17. The summed E-state index contributed by atoms with van der Waals surface area (Å²) < 4.78 is 31.4. The van der Waals surface area contributed by atoms with E-state index in [1.807, 2.05) is 6.92 Å².